The van der Waals surface area contributed by atoms with Crippen LogP contribution >= 0.6 is 15.9 Å². The first-order chi connectivity index (χ1) is 8.31. The summed E-state index contributed by atoms with van der Waals surface area (Å²) >= 11 is 3.21. The molecule has 1 aliphatic heterocycles. The zero-order valence-corrected chi connectivity index (χ0v) is 10.8. The predicted molar refractivity (Wildman–Crippen MR) is 61.8 cm³/mol. The second kappa shape index (κ2) is 4.57. The molecule has 2 nitrogen and oxygen atoms in total. The summed E-state index contributed by atoms with van der Waals surface area (Å²) in [5.74, 6) is -0.581. The summed E-state index contributed by atoms with van der Waals surface area (Å²) in [7, 11) is 0. The lowest BCUT2D eigenvalue weighted by molar-refractivity contribution is -0.187. The van der Waals surface area contributed by atoms with Crippen molar-refractivity contribution >= 4 is 21.9 Å². The van der Waals surface area contributed by atoms with Crippen molar-refractivity contribution in [1.29, 1.82) is 0 Å². The molecule has 1 heterocycles. The van der Waals surface area contributed by atoms with Gasteiger partial charge < -0.3 is 4.74 Å². The molecule has 2 rings (SSSR count). The highest BCUT2D eigenvalue weighted by Crippen LogP contribution is 2.45. The average molecular weight is 323 g/mol. The Morgan fingerprint density at radius 1 is 1.28 bits per heavy atom. The van der Waals surface area contributed by atoms with Gasteiger partial charge in [-0.1, -0.05) is 28.1 Å². The van der Waals surface area contributed by atoms with Gasteiger partial charge in [-0.25, -0.2) is 0 Å². The highest BCUT2D eigenvalue weighted by atomic mass is 79.9. The molecular weight excluding hydrogens is 313 g/mol. The first-order valence-electron chi connectivity index (χ1n) is 5.35. The van der Waals surface area contributed by atoms with Gasteiger partial charge in [-0.2, -0.15) is 13.2 Å². The summed E-state index contributed by atoms with van der Waals surface area (Å²) in [6.07, 6.45) is -5.44. The van der Waals surface area contributed by atoms with Gasteiger partial charge in [0.2, 0.25) is 0 Å². The van der Waals surface area contributed by atoms with Gasteiger partial charge in [-0.3, -0.25) is 4.79 Å². The van der Waals surface area contributed by atoms with Crippen molar-refractivity contribution in [3.8, 4) is 0 Å². The predicted octanol–water partition coefficient (Wildman–Crippen LogP) is 3.93. The fraction of sp³-hybridized carbons (Fsp3) is 0.417. The number of cyclic esters (lactones) is 1. The Bertz CT molecular complexity index is 455. The summed E-state index contributed by atoms with van der Waals surface area (Å²) < 4.78 is 43.7. The minimum atomic E-state index is -4.38. The third-order valence-corrected chi connectivity index (χ3v) is 3.43. The van der Waals surface area contributed by atoms with E-state index in [0.29, 0.717) is 5.56 Å². The van der Waals surface area contributed by atoms with Crippen molar-refractivity contribution in [3.05, 3.63) is 34.3 Å². The van der Waals surface area contributed by atoms with Gasteiger partial charge in [0.05, 0.1) is 6.42 Å². The van der Waals surface area contributed by atoms with Gasteiger partial charge in [-0.05, 0) is 17.7 Å². The minimum Gasteiger partial charge on any atom is -0.454 e. The molecule has 1 atom stereocenters. The maximum atomic E-state index is 12.6. The quantitative estimate of drug-likeness (QED) is 0.771. The molecule has 0 saturated carbocycles. The molecule has 6 heteroatoms. The maximum Gasteiger partial charge on any atom is 0.393 e. The molecule has 0 unspecified atom stereocenters. The van der Waals surface area contributed by atoms with E-state index in [4.69, 9.17) is 4.74 Å². The summed E-state index contributed by atoms with van der Waals surface area (Å²) in [6.45, 7) is 0. The molecule has 1 fully saturated rings. The highest BCUT2D eigenvalue weighted by molar-refractivity contribution is 9.10. The highest BCUT2D eigenvalue weighted by Gasteiger charge is 2.49. The monoisotopic (exact) mass is 322 g/mol. The van der Waals surface area contributed by atoms with Crippen molar-refractivity contribution < 1.29 is 22.7 Å². The van der Waals surface area contributed by atoms with Crippen molar-refractivity contribution in [2.24, 2.45) is 0 Å². The van der Waals surface area contributed by atoms with Crippen LogP contribution < -0.4 is 0 Å². The molecule has 0 amide bonds. The van der Waals surface area contributed by atoms with E-state index in [1.807, 2.05) is 0 Å². The van der Waals surface area contributed by atoms with Crippen LogP contribution in [0, 0.1) is 0 Å². The van der Waals surface area contributed by atoms with Crippen LogP contribution in [0.4, 0.5) is 13.2 Å². The molecule has 1 aromatic carbocycles. The number of ether oxygens (including phenoxy) is 1. The summed E-state index contributed by atoms with van der Waals surface area (Å²) in [4.78, 5) is 11.2. The van der Waals surface area contributed by atoms with Crippen molar-refractivity contribution in [2.75, 3.05) is 0 Å². The second-order valence-corrected chi connectivity index (χ2v) is 5.18. The molecule has 0 aromatic heterocycles. The second-order valence-electron chi connectivity index (χ2n) is 4.27. The SMILES string of the molecule is O=C1CC[C@@](CC(F)(F)F)(c2ccc(Br)cc2)O1. The fourth-order valence-corrected chi connectivity index (χ4v) is 2.40. The molecule has 1 aromatic rings. The average Bonchev–Trinajstić information content (AvgIpc) is 2.59. The molecule has 0 spiro atoms. The number of esters is 1. The zero-order valence-electron chi connectivity index (χ0n) is 9.26. The van der Waals surface area contributed by atoms with Gasteiger partial charge in [0, 0.05) is 17.3 Å². The number of rotatable bonds is 2. The number of hydrogen-bond donors (Lipinski definition) is 0. The zero-order chi connectivity index (χ0) is 13.4. The molecular formula is C12H10BrF3O2. The van der Waals surface area contributed by atoms with E-state index in [9.17, 15) is 18.0 Å². The lowest BCUT2D eigenvalue weighted by atomic mass is 9.87. The van der Waals surface area contributed by atoms with Gasteiger partial charge in [-0.15, -0.1) is 0 Å². The topological polar surface area (TPSA) is 26.3 Å². The number of carbonyl (C=O) groups excluding carboxylic acids is 1. The van der Waals surface area contributed by atoms with E-state index in [0.717, 1.165) is 4.47 Å². The van der Waals surface area contributed by atoms with Gasteiger partial charge in [0.15, 0.2) is 0 Å². The van der Waals surface area contributed by atoms with Gasteiger partial charge in [0.25, 0.3) is 0 Å². The standard InChI is InChI=1S/C12H10BrF3O2/c13-9-3-1-8(2-4-9)11(7-12(14,15)16)6-5-10(17)18-11/h1-4H,5-7H2/t11-/m1/s1. The molecule has 18 heavy (non-hydrogen) atoms. The molecule has 0 N–H and O–H groups in total. The number of benzene rings is 1. The largest absolute Gasteiger partial charge is 0.454 e. The van der Waals surface area contributed by atoms with Crippen molar-refractivity contribution in [1.82, 2.24) is 0 Å². The van der Waals surface area contributed by atoms with Crippen LogP contribution in [0.1, 0.15) is 24.8 Å². The van der Waals surface area contributed by atoms with Crippen LogP contribution in [0.3, 0.4) is 0 Å². The third kappa shape index (κ3) is 2.85. The Hall–Kier alpha value is -1.04. The Morgan fingerprint density at radius 2 is 1.89 bits per heavy atom. The fourth-order valence-electron chi connectivity index (χ4n) is 2.13. The Balaban J connectivity index is 2.36. The summed E-state index contributed by atoms with van der Waals surface area (Å²) in [5.41, 5.74) is -1.18. The van der Waals surface area contributed by atoms with Crippen LogP contribution in [0.5, 0.6) is 0 Å². The van der Waals surface area contributed by atoms with Crippen LogP contribution in [0.15, 0.2) is 28.7 Å². The molecule has 0 aliphatic carbocycles. The van der Waals surface area contributed by atoms with Crippen molar-refractivity contribution in [3.63, 3.8) is 0 Å². The van der Waals surface area contributed by atoms with E-state index < -0.39 is 24.2 Å². The first kappa shape index (κ1) is 13.4. The van der Waals surface area contributed by atoms with Crippen molar-refractivity contribution in [2.45, 2.75) is 31.0 Å². The van der Waals surface area contributed by atoms with E-state index in [-0.39, 0.29) is 12.8 Å². The van der Waals surface area contributed by atoms with Crippen LogP contribution in [-0.2, 0) is 15.1 Å². The molecule has 0 radical (unpaired) electrons. The van der Waals surface area contributed by atoms with Crippen LogP contribution in [-0.4, -0.2) is 12.1 Å². The minimum absolute atomic E-state index is 0.0200. The Labute approximate surface area is 110 Å². The molecule has 0 bridgehead atoms. The molecule has 98 valence electrons. The smallest absolute Gasteiger partial charge is 0.393 e. The summed E-state index contributed by atoms with van der Waals surface area (Å²) in [5, 5.41) is 0. The lowest BCUT2D eigenvalue weighted by Gasteiger charge is -2.29. The maximum absolute atomic E-state index is 12.6. The van der Waals surface area contributed by atoms with E-state index in [1.54, 1.807) is 24.3 Å². The Kier molecular flexibility index (Phi) is 3.40. The lowest BCUT2D eigenvalue weighted by Crippen LogP contribution is -2.32. The first-order valence-corrected chi connectivity index (χ1v) is 6.15. The van der Waals surface area contributed by atoms with E-state index in [1.165, 1.54) is 0 Å². The van der Waals surface area contributed by atoms with Crippen LogP contribution in [0.2, 0.25) is 0 Å². The number of alkyl halides is 3. The number of halogens is 4. The van der Waals surface area contributed by atoms with Crippen LogP contribution in [0.25, 0.3) is 0 Å². The Morgan fingerprint density at radius 3 is 2.33 bits per heavy atom. The van der Waals surface area contributed by atoms with Gasteiger partial charge >= 0.3 is 12.1 Å². The van der Waals surface area contributed by atoms with E-state index >= 15 is 0 Å². The third-order valence-electron chi connectivity index (χ3n) is 2.90. The van der Waals surface area contributed by atoms with E-state index in [2.05, 4.69) is 15.9 Å². The molecule has 1 saturated heterocycles. The molecule has 1 aliphatic rings. The normalized spacial score (nSPS) is 24.1. The van der Waals surface area contributed by atoms with Gasteiger partial charge in [0.1, 0.15) is 5.60 Å². The number of hydrogen-bond acceptors (Lipinski definition) is 2. The number of carbonyl (C=O) groups is 1. The summed E-state index contributed by atoms with van der Waals surface area (Å²) in [6, 6.07) is 6.38.